The van der Waals surface area contributed by atoms with E-state index in [0.29, 0.717) is 18.5 Å². The molecule has 2 bridgehead atoms. The lowest BCUT2D eigenvalue weighted by Gasteiger charge is -2.39. The standard InChI is InChI=1S/C21H23N5OS/c1-13-23-24-21(28-13)14-3-4-15-10-22-17(8-16(15)7-14)9-20(27)26-18-5-6-19(26)12-25(2)11-18/h3-4,7-8,10,18-19H,5-6,9,11-12H2,1-2H3. The number of carbonyl (C=O) groups is 1. The minimum absolute atomic E-state index is 0.211. The van der Waals surface area contributed by atoms with Crippen molar-refractivity contribution in [1.82, 2.24) is 25.0 Å². The fourth-order valence-corrected chi connectivity index (χ4v) is 5.28. The number of aromatic nitrogens is 3. The molecule has 2 saturated heterocycles. The van der Waals surface area contributed by atoms with Gasteiger partial charge < -0.3 is 9.80 Å². The smallest absolute Gasteiger partial charge is 0.229 e. The Morgan fingerprint density at radius 2 is 1.93 bits per heavy atom. The number of likely N-dealkylation sites (N-methyl/N-ethyl adjacent to an activating group) is 1. The quantitative estimate of drug-likeness (QED) is 0.685. The molecule has 144 valence electrons. The van der Waals surface area contributed by atoms with Gasteiger partial charge in [-0.15, -0.1) is 10.2 Å². The van der Waals surface area contributed by atoms with Crippen LogP contribution in [0.1, 0.15) is 23.5 Å². The Labute approximate surface area is 168 Å². The van der Waals surface area contributed by atoms with Gasteiger partial charge in [-0.3, -0.25) is 9.78 Å². The Hall–Kier alpha value is -2.38. The fraction of sp³-hybridized carbons (Fsp3) is 0.429. The first kappa shape index (κ1) is 17.7. The number of nitrogens with zero attached hydrogens (tertiary/aromatic N) is 5. The molecule has 0 spiro atoms. The molecule has 2 fully saturated rings. The van der Waals surface area contributed by atoms with Crippen LogP contribution >= 0.6 is 11.3 Å². The summed E-state index contributed by atoms with van der Waals surface area (Å²) in [4.78, 5) is 22.0. The van der Waals surface area contributed by atoms with Gasteiger partial charge in [0, 0.05) is 42.3 Å². The largest absolute Gasteiger partial charge is 0.334 e. The van der Waals surface area contributed by atoms with Crippen LogP contribution in [-0.2, 0) is 11.2 Å². The third kappa shape index (κ3) is 3.18. The van der Waals surface area contributed by atoms with Gasteiger partial charge in [-0.1, -0.05) is 23.5 Å². The molecule has 2 aliphatic rings. The van der Waals surface area contributed by atoms with Crippen LogP contribution in [0, 0.1) is 6.92 Å². The number of likely N-dealkylation sites (tertiary alicyclic amines) is 1. The average molecular weight is 394 g/mol. The highest BCUT2D eigenvalue weighted by molar-refractivity contribution is 7.14. The molecule has 28 heavy (non-hydrogen) atoms. The highest BCUT2D eigenvalue weighted by atomic mass is 32.1. The van der Waals surface area contributed by atoms with Gasteiger partial charge in [-0.2, -0.15) is 0 Å². The first-order chi connectivity index (χ1) is 13.6. The summed E-state index contributed by atoms with van der Waals surface area (Å²) in [7, 11) is 2.15. The van der Waals surface area contributed by atoms with Crippen LogP contribution in [0.2, 0.25) is 0 Å². The molecule has 7 heteroatoms. The summed E-state index contributed by atoms with van der Waals surface area (Å²) in [5.41, 5.74) is 1.89. The summed E-state index contributed by atoms with van der Waals surface area (Å²) in [6.45, 7) is 3.93. The lowest BCUT2D eigenvalue weighted by molar-refractivity contribution is -0.135. The maximum atomic E-state index is 13.0. The zero-order chi connectivity index (χ0) is 19.3. The Kier molecular flexibility index (Phi) is 4.36. The van der Waals surface area contributed by atoms with E-state index in [1.807, 2.05) is 19.2 Å². The summed E-state index contributed by atoms with van der Waals surface area (Å²) >= 11 is 1.59. The zero-order valence-electron chi connectivity index (χ0n) is 16.1. The van der Waals surface area contributed by atoms with E-state index in [9.17, 15) is 4.79 Å². The Morgan fingerprint density at radius 3 is 2.64 bits per heavy atom. The van der Waals surface area contributed by atoms with E-state index in [0.717, 1.165) is 58.0 Å². The zero-order valence-corrected chi connectivity index (χ0v) is 16.9. The molecule has 2 atom stereocenters. The van der Waals surface area contributed by atoms with Crippen molar-refractivity contribution in [1.29, 1.82) is 0 Å². The number of piperazine rings is 1. The number of rotatable bonds is 3. The lowest BCUT2D eigenvalue weighted by Crippen LogP contribution is -2.55. The topological polar surface area (TPSA) is 62.2 Å². The van der Waals surface area contributed by atoms with Crippen LogP contribution < -0.4 is 0 Å². The Balaban J connectivity index is 1.39. The van der Waals surface area contributed by atoms with Gasteiger partial charge in [0.05, 0.1) is 12.1 Å². The molecular formula is C21H23N5OS. The van der Waals surface area contributed by atoms with Crippen LogP contribution in [0.4, 0.5) is 0 Å². The summed E-state index contributed by atoms with van der Waals surface area (Å²) in [5.74, 6) is 0.211. The minimum Gasteiger partial charge on any atom is -0.334 e. The maximum Gasteiger partial charge on any atom is 0.229 e. The van der Waals surface area contributed by atoms with Gasteiger partial charge in [0.25, 0.3) is 0 Å². The second-order valence-electron chi connectivity index (χ2n) is 7.95. The molecule has 2 aliphatic heterocycles. The second kappa shape index (κ2) is 6.90. The summed E-state index contributed by atoms with van der Waals surface area (Å²) in [6.07, 6.45) is 4.48. The predicted octanol–water partition coefficient (Wildman–Crippen LogP) is 2.91. The highest BCUT2D eigenvalue weighted by Crippen LogP contribution is 2.31. The first-order valence-corrected chi connectivity index (χ1v) is 10.6. The average Bonchev–Trinajstić information content (AvgIpc) is 3.22. The van der Waals surface area contributed by atoms with Crippen LogP contribution in [-0.4, -0.2) is 63.1 Å². The SMILES string of the molecule is Cc1nnc(-c2ccc3cnc(CC(=O)N4C5CCC4CN(C)C5)cc3c2)s1. The fourth-order valence-electron chi connectivity index (χ4n) is 4.60. The van der Waals surface area contributed by atoms with Crippen molar-refractivity contribution in [2.45, 2.75) is 38.3 Å². The first-order valence-electron chi connectivity index (χ1n) is 9.76. The molecule has 0 radical (unpaired) electrons. The number of benzene rings is 1. The van der Waals surface area contributed by atoms with Crippen LogP contribution in [0.25, 0.3) is 21.3 Å². The van der Waals surface area contributed by atoms with Gasteiger partial charge in [0.15, 0.2) is 0 Å². The number of carbonyl (C=O) groups excluding carboxylic acids is 1. The molecular weight excluding hydrogens is 370 g/mol. The molecule has 0 saturated carbocycles. The number of hydrogen-bond donors (Lipinski definition) is 0. The third-order valence-electron chi connectivity index (χ3n) is 5.84. The van der Waals surface area contributed by atoms with Crippen molar-refractivity contribution >= 4 is 28.0 Å². The number of hydrogen-bond acceptors (Lipinski definition) is 6. The molecule has 6 nitrogen and oxygen atoms in total. The predicted molar refractivity (Wildman–Crippen MR) is 110 cm³/mol. The van der Waals surface area contributed by atoms with Gasteiger partial charge in [0.2, 0.25) is 5.91 Å². The third-order valence-corrected chi connectivity index (χ3v) is 6.72. The normalized spacial score (nSPS) is 22.1. The molecule has 5 rings (SSSR count). The van der Waals surface area contributed by atoms with E-state index >= 15 is 0 Å². The molecule has 2 aromatic heterocycles. The van der Waals surface area contributed by atoms with Crippen LogP contribution in [0.15, 0.2) is 30.5 Å². The van der Waals surface area contributed by atoms with Gasteiger partial charge in [-0.05, 0) is 44.3 Å². The number of fused-ring (bicyclic) bond motifs is 3. The lowest BCUT2D eigenvalue weighted by atomic mass is 10.1. The summed E-state index contributed by atoms with van der Waals surface area (Å²) in [6, 6.07) is 9.00. The van der Waals surface area contributed by atoms with Gasteiger partial charge in [0.1, 0.15) is 10.0 Å². The number of pyridine rings is 1. The van der Waals surface area contributed by atoms with Crippen molar-refractivity contribution < 1.29 is 4.79 Å². The van der Waals surface area contributed by atoms with Gasteiger partial charge in [-0.25, -0.2) is 0 Å². The van der Waals surface area contributed by atoms with E-state index in [1.54, 1.807) is 11.3 Å². The molecule has 1 aromatic carbocycles. The number of aryl methyl sites for hydroxylation is 1. The van der Waals surface area contributed by atoms with Crippen molar-refractivity contribution in [2.75, 3.05) is 20.1 Å². The number of amides is 1. The monoisotopic (exact) mass is 393 g/mol. The Morgan fingerprint density at radius 1 is 1.14 bits per heavy atom. The molecule has 0 N–H and O–H groups in total. The van der Waals surface area contributed by atoms with Crippen molar-refractivity contribution in [3.05, 3.63) is 41.2 Å². The van der Waals surface area contributed by atoms with Crippen LogP contribution in [0.5, 0.6) is 0 Å². The molecule has 1 amide bonds. The summed E-state index contributed by atoms with van der Waals surface area (Å²) in [5, 5.41) is 12.4. The van der Waals surface area contributed by atoms with E-state index in [-0.39, 0.29) is 5.91 Å². The van der Waals surface area contributed by atoms with Crippen molar-refractivity contribution in [2.24, 2.45) is 0 Å². The highest BCUT2D eigenvalue weighted by Gasteiger charge is 2.41. The van der Waals surface area contributed by atoms with Crippen molar-refractivity contribution in [3.63, 3.8) is 0 Å². The maximum absolute atomic E-state index is 13.0. The molecule has 0 aliphatic carbocycles. The van der Waals surface area contributed by atoms with Crippen molar-refractivity contribution in [3.8, 4) is 10.6 Å². The second-order valence-corrected chi connectivity index (χ2v) is 9.13. The Bertz CT molecular complexity index is 1030. The van der Waals surface area contributed by atoms with E-state index in [1.165, 1.54) is 0 Å². The van der Waals surface area contributed by atoms with Crippen LogP contribution in [0.3, 0.4) is 0 Å². The summed E-state index contributed by atoms with van der Waals surface area (Å²) < 4.78 is 0. The molecule has 3 aromatic rings. The minimum atomic E-state index is 0.211. The van der Waals surface area contributed by atoms with Gasteiger partial charge >= 0.3 is 0 Å². The van der Waals surface area contributed by atoms with E-state index in [2.05, 4.69) is 50.2 Å². The molecule has 4 heterocycles. The van der Waals surface area contributed by atoms with E-state index < -0.39 is 0 Å². The van der Waals surface area contributed by atoms with E-state index in [4.69, 9.17) is 0 Å². The molecule has 2 unspecified atom stereocenters.